The summed E-state index contributed by atoms with van der Waals surface area (Å²) in [6, 6.07) is 11.2. The third-order valence-electron chi connectivity index (χ3n) is 4.84. The van der Waals surface area contributed by atoms with E-state index in [1.165, 1.54) is 0 Å². The first-order valence-electron chi connectivity index (χ1n) is 10.6. The Balaban J connectivity index is 1.95. The van der Waals surface area contributed by atoms with E-state index in [0.29, 0.717) is 5.75 Å². The summed E-state index contributed by atoms with van der Waals surface area (Å²) in [6.07, 6.45) is -9.80. The van der Waals surface area contributed by atoms with Crippen LogP contribution in [-0.2, 0) is 28.2 Å². The first kappa shape index (κ1) is 30.4. The number of amidine groups is 1. The van der Waals surface area contributed by atoms with Crippen molar-refractivity contribution in [3.05, 3.63) is 99.1 Å². The summed E-state index contributed by atoms with van der Waals surface area (Å²) in [5.74, 6) is -0.266. The maximum absolute atomic E-state index is 13.2. The average Bonchev–Trinajstić information content (AvgIpc) is 2.87. The molecule has 0 aliphatic rings. The van der Waals surface area contributed by atoms with Gasteiger partial charge in [0.2, 0.25) is 0 Å². The van der Waals surface area contributed by atoms with Gasteiger partial charge in [-0.2, -0.15) is 39.9 Å². The van der Waals surface area contributed by atoms with Crippen molar-refractivity contribution in [2.45, 2.75) is 23.0 Å². The molecule has 2 N–H and O–H groups in total. The maximum atomic E-state index is 13.2. The molecule has 0 aliphatic carbocycles. The van der Waals surface area contributed by atoms with E-state index in [9.17, 15) is 44.9 Å². The van der Waals surface area contributed by atoms with Crippen LogP contribution in [0.1, 0.15) is 22.3 Å². The van der Waals surface area contributed by atoms with Crippen LogP contribution in [0.3, 0.4) is 0 Å². The highest BCUT2D eigenvalue weighted by atomic mass is 32.2. The number of thioether (sulfide) groups is 1. The van der Waals surface area contributed by atoms with E-state index in [1.807, 2.05) is 30.3 Å². The molecular weight excluding hydrogens is 590 g/mol. The van der Waals surface area contributed by atoms with Gasteiger partial charge in [0.15, 0.2) is 10.9 Å². The number of nitrogens with two attached hydrogens (primary N) is 1. The van der Waals surface area contributed by atoms with Crippen LogP contribution in [0, 0.1) is 10.1 Å². The number of nitro groups is 1. The number of nitrogens with zero attached hydrogens (tertiary/aromatic N) is 3. The zero-order chi connectivity index (χ0) is 29.7. The molecular formula is C23H16F6N4O5S2. The van der Waals surface area contributed by atoms with Crippen LogP contribution < -0.4 is 9.92 Å². The Labute approximate surface area is 226 Å². The molecule has 0 amide bonds. The van der Waals surface area contributed by atoms with Crippen LogP contribution in [0.25, 0.3) is 0 Å². The summed E-state index contributed by atoms with van der Waals surface area (Å²) < 4.78 is 109. The summed E-state index contributed by atoms with van der Waals surface area (Å²) in [7, 11) is -5.31. The van der Waals surface area contributed by atoms with E-state index < -0.39 is 54.9 Å². The Hall–Kier alpha value is -4.12. The van der Waals surface area contributed by atoms with E-state index in [-0.39, 0.29) is 28.9 Å². The van der Waals surface area contributed by atoms with E-state index in [0.717, 1.165) is 41.7 Å². The second-order valence-electron chi connectivity index (χ2n) is 7.72. The molecule has 3 rings (SSSR count). The Morgan fingerprint density at radius 1 is 0.975 bits per heavy atom. The molecule has 40 heavy (non-hydrogen) atoms. The first-order chi connectivity index (χ1) is 18.6. The Kier molecular flexibility index (Phi) is 9.09. The smallest absolute Gasteiger partial charge is 0.378 e. The first-order valence-corrected chi connectivity index (χ1v) is 13.0. The zero-order valence-electron chi connectivity index (χ0n) is 19.7. The molecule has 9 nitrogen and oxygen atoms in total. The minimum absolute atomic E-state index is 0.0291. The largest absolute Gasteiger partial charge is 0.416 e. The SMILES string of the molecule is NC(=NN=Cc1cc([N+](=O)[O-])ccc1OS(=O)(=O)c1cc(C(F)(F)F)cc(C(F)(F)F)c1)SCc1ccccc1. The van der Waals surface area contributed by atoms with Gasteiger partial charge >= 0.3 is 22.5 Å². The molecule has 0 saturated heterocycles. The number of rotatable bonds is 8. The van der Waals surface area contributed by atoms with Gasteiger partial charge in [-0.15, -0.1) is 5.10 Å². The minimum Gasteiger partial charge on any atom is -0.378 e. The lowest BCUT2D eigenvalue weighted by Crippen LogP contribution is -2.16. The highest BCUT2D eigenvalue weighted by Gasteiger charge is 2.38. The van der Waals surface area contributed by atoms with Crippen molar-refractivity contribution in [3.63, 3.8) is 0 Å². The fraction of sp³-hybridized carbons (Fsp3) is 0.130. The second kappa shape index (κ2) is 12.0. The van der Waals surface area contributed by atoms with Crippen LogP contribution in [0.4, 0.5) is 32.0 Å². The lowest BCUT2D eigenvalue weighted by atomic mass is 10.1. The van der Waals surface area contributed by atoms with Gasteiger partial charge in [0, 0.05) is 23.4 Å². The fourth-order valence-electron chi connectivity index (χ4n) is 2.97. The molecule has 0 bridgehead atoms. The fourth-order valence-corrected chi connectivity index (χ4v) is 4.61. The normalized spacial score (nSPS) is 13.0. The molecule has 0 spiro atoms. The molecule has 0 atom stereocenters. The second-order valence-corrected chi connectivity index (χ2v) is 10.3. The number of alkyl halides is 6. The quantitative estimate of drug-likeness (QED) is 0.0831. The minimum atomic E-state index is -5.31. The molecule has 0 radical (unpaired) electrons. The predicted octanol–water partition coefficient (Wildman–Crippen LogP) is 5.98. The maximum Gasteiger partial charge on any atom is 0.416 e. The number of non-ortho nitro benzene ring substituents is 1. The number of hydrogen-bond donors (Lipinski definition) is 1. The van der Waals surface area contributed by atoms with Gasteiger partial charge in [0.25, 0.3) is 5.69 Å². The van der Waals surface area contributed by atoms with Gasteiger partial charge in [-0.3, -0.25) is 10.1 Å². The van der Waals surface area contributed by atoms with Crippen molar-refractivity contribution in [1.29, 1.82) is 0 Å². The summed E-state index contributed by atoms with van der Waals surface area (Å²) in [5, 5.41) is 18.5. The molecule has 3 aromatic carbocycles. The Morgan fingerprint density at radius 2 is 1.57 bits per heavy atom. The topological polar surface area (TPSA) is 137 Å². The third kappa shape index (κ3) is 8.19. The monoisotopic (exact) mass is 606 g/mol. The average molecular weight is 607 g/mol. The summed E-state index contributed by atoms with van der Waals surface area (Å²) in [5.41, 5.74) is 1.97. The van der Waals surface area contributed by atoms with E-state index in [4.69, 9.17) is 9.92 Å². The summed E-state index contributed by atoms with van der Waals surface area (Å²) in [6.45, 7) is 0. The van der Waals surface area contributed by atoms with Gasteiger partial charge in [0.1, 0.15) is 4.90 Å². The molecule has 3 aromatic rings. The lowest BCUT2D eigenvalue weighted by molar-refractivity contribution is -0.384. The number of benzene rings is 3. The van der Waals surface area contributed by atoms with Crippen LogP contribution in [0.15, 0.2) is 81.8 Å². The van der Waals surface area contributed by atoms with E-state index in [1.54, 1.807) is 0 Å². The van der Waals surface area contributed by atoms with Crippen LogP contribution in [-0.4, -0.2) is 24.7 Å². The Morgan fingerprint density at radius 3 is 2.12 bits per heavy atom. The molecule has 0 saturated carbocycles. The van der Waals surface area contributed by atoms with Gasteiger partial charge < -0.3 is 9.92 Å². The van der Waals surface area contributed by atoms with Crippen LogP contribution in [0.5, 0.6) is 5.75 Å². The van der Waals surface area contributed by atoms with Gasteiger partial charge in [-0.1, -0.05) is 42.1 Å². The van der Waals surface area contributed by atoms with Crippen LogP contribution in [0.2, 0.25) is 0 Å². The van der Waals surface area contributed by atoms with Gasteiger partial charge in [-0.25, -0.2) is 0 Å². The van der Waals surface area contributed by atoms with Crippen molar-refractivity contribution in [3.8, 4) is 5.75 Å². The zero-order valence-corrected chi connectivity index (χ0v) is 21.3. The summed E-state index contributed by atoms with van der Waals surface area (Å²) in [4.78, 5) is 8.88. The van der Waals surface area contributed by atoms with Gasteiger partial charge in [-0.05, 0) is 29.8 Å². The molecule has 0 fully saturated rings. The van der Waals surface area contributed by atoms with Crippen LogP contribution >= 0.6 is 11.8 Å². The standard InChI is InChI=1S/C23H16F6N4O5S2/c24-22(25,26)16-9-17(23(27,28)29)11-19(10-16)40(36,37)38-20-7-6-18(33(34)35)8-15(20)12-31-32-21(30)39-13-14-4-2-1-3-5-14/h1-12H,13H2,(H2,30,32). The highest BCUT2D eigenvalue weighted by molar-refractivity contribution is 8.13. The van der Waals surface area contributed by atoms with Crippen molar-refractivity contribution < 1.29 is 43.9 Å². The molecule has 17 heteroatoms. The molecule has 0 aliphatic heterocycles. The highest BCUT2D eigenvalue weighted by Crippen LogP contribution is 2.38. The number of halogens is 6. The number of hydrogen-bond acceptors (Lipinski definition) is 8. The van der Waals surface area contributed by atoms with Crippen molar-refractivity contribution >= 4 is 38.9 Å². The predicted molar refractivity (Wildman–Crippen MR) is 134 cm³/mol. The number of nitro benzene ring substituents is 1. The van der Waals surface area contributed by atoms with Gasteiger partial charge in [0.05, 0.1) is 22.3 Å². The lowest BCUT2D eigenvalue weighted by Gasteiger charge is -2.15. The summed E-state index contributed by atoms with van der Waals surface area (Å²) >= 11 is 1.09. The molecule has 0 aromatic heterocycles. The molecule has 0 unspecified atom stereocenters. The third-order valence-corrected chi connectivity index (χ3v) is 6.90. The molecule has 0 heterocycles. The van der Waals surface area contributed by atoms with E-state index >= 15 is 0 Å². The van der Waals surface area contributed by atoms with Crippen molar-refractivity contribution in [1.82, 2.24) is 0 Å². The van der Waals surface area contributed by atoms with Crippen molar-refractivity contribution in [2.24, 2.45) is 15.9 Å². The van der Waals surface area contributed by atoms with E-state index in [2.05, 4.69) is 10.2 Å². The van der Waals surface area contributed by atoms with Crippen molar-refractivity contribution in [2.75, 3.05) is 0 Å². The Bertz CT molecular complexity index is 1530. The molecule has 212 valence electrons.